The highest BCUT2D eigenvalue weighted by molar-refractivity contribution is 9.14. The molecule has 9 N–H and O–H groups in total. The molecule has 4 aromatic heterocycles. The molecule has 13 heterocycles. The maximum absolute atomic E-state index is 13.6. The van der Waals surface area contributed by atoms with Crippen molar-refractivity contribution in [3.05, 3.63) is 117 Å². The van der Waals surface area contributed by atoms with Gasteiger partial charge in [0.25, 0.3) is 0 Å². The molecule has 5 fully saturated rings. The van der Waals surface area contributed by atoms with Crippen LogP contribution < -0.4 is 26.7 Å². The summed E-state index contributed by atoms with van der Waals surface area (Å²) in [5.74, 6) is 1.23. The number of benzene rings is 2. The van der Waals surface area contributed by atoms with Gasteiger partial charge >= 0.3 is 43.6 Å². The Balaban J connectivity index is 0.000000183. The van der Waals surface area contributed by atoms with Crippen LogP contribution in [-0.2, 0) is 52.2 Å². The van der Waals surface area contributed by atoms with Crippen LogP contribution in [0.15, 0.2) is 76.9 Å². The standard InChI is InChI=1S/C38H48N8O6S2.C24H35BN4O5.C18H22BrN3O2S2.C7H13NO4.CH4/c1-19(2)31(43-37(49)51-5)35(47)45-13-7-9-25(45)33-39-18-24(42-33)28-17-30-29(54-28)16-27(53-30)21-11-12-22-23(15-21)41-34(40-22)26-10-8-14-46(26)36(48)32(20(3)4)44-38(50)52-6;1-14(2)19(28-22(31)32-7)21(30)29-12-8-9-18(29)20-26-16-11-10-15(13-17(16)27-20)25-33-23(3,4)24(5,6)34-25;1-18(2,3)24-17(23)22-6-4-5-11(22)16-20-9-10(21-16)12-7-13-14(25-12)8-15(19)26-13;1-4(2)5(6(9)10)8-7(11)12-3;/h11-12,15-20,25-26,29-32H,7-10,13-14H2,1-6H3,(H,39,42)(H,40,41)(H,43,49)(H,44,50);10-11,13-14,18-19H,8-9,12H2,1-7H3,(H,26,27)(H,28,31);7-9,11,13-14H,4-6H2,1-3H3,(H,20,21);4-5H,1-3H3,(H,8,11)(H,9,10);1H4/t25-,26-,29?,30?,31-,32-;18-,19-;11-,13?,14?;5-;/m0000./s1. The number of fused-ring (bicyclic) bond motifs is 4. The number of aliphatic carboxylic acids is 1. The number of likely N-dealkylation sites (tertiary alicyclic amines) is 4. The number of alkyl carbamates (subject to hydrolysis) is 4. The molecule has 9 aliphatic rings. The Morgan fingerprint density at radius 1 is 0.496 bits per heavy atom. The highest BCUT2D eigenvalue weighted by Gasteiger charge is 2.52. The summed E-state index contributed by atoms with van der Waals surface area (Å²) in [6.07, 6.45) is 17.0. The number of aromatic nitrogens is 8. The number of halogens is 1. The van der Waals surface area contributed by atoms with Gasteiger partial charge in [-0.15, -0.1) is 47.0 Å². The minimum atomic E-state index is -1.06. The van der Waals surface area contributed by atoms with Crippen LogP contribution in [0.2, 0.25) is 0 Å². The van der Waals surface area contributed by atoms with E-state index in [1.165, 1.54) is 42.1 Å². The van der Waals surface area contributed by atoms with E-state index in [0.717, 1.165) is 124 Å². The first-order chi connectivity index (χ1) is 59.7. The Kier molecular flexibility index (Phi) is 32.4. The molecule has 0 aliphatic carbocycles. The van der Waals surface area contributed by atoms with Crippen LogP contribution in [0.25, 0.3) is 36.8 Å². The van der Waals surface area contributed by atoms with Gasteiger partial charge in [0.15, 0.2) is 0 Å². The molecule has 0 spiro atoms. The van der Waals surface area contributed by atoms with Crippen molar-refractivity contribution < 1.29 is 81.3 Å². The molecule has 9 aliphatic heterocycles. The maximum Gasteiger partial charge on any atom is 0.494 e. The number of methoxy groups -OCH3 is 4. The highest BCUT2D eigenvalue weighted by atomic mass is 79.9. The number of amides is 8. The van der Waals surface area contributed by atoms with Crippen molar-refractivity contribution in [3.63, 3.8) is 0 Å². The maximum atomic E-state index is 13.6. The van der Waals surface area contributed by atoms with Gasteiger partial charge in [-0.2, -0.15) is 0 Å². The molecular formula is C88H122BBrN16O17S4. The number of nitrogens with one attached hydrogen (secondary N) is 8. The average molecular weight is 1900 g/mol. The van der Waals surface area contributed by atoms with E-state index >= 15 is 0 Å². The summed E-state index contributed by atoms with van der Waals surface area (Å²) in [5, 5.41) is 20.4. The molecule has 0 bridgehead atoms. The smallest absolute Gasteiger partial charge is 0.480 e. The second-order valence-corrected chi connectivity index (χ2v) is 42.0. The second-order valence-electron chi connectivity index (χ2n) is 35.8. The van der Waals surface area contributed by atoms with E-state index in [9.17, 15) is 43.2 Å². The van der Waals surface area contributed by atoms with E-state index in [0.29, 0.717) is 36.7 Å². The van der Waals surface area contributed by atoms with Crippen molar-refractivity contribution in [3.8, 4) is 0 Å². The lowest BCUT2D eigenvalue weighted by atomic mass is 9.79. The number of aromatic amines is 4. The third-order valence-corrected chi connectivity index (χ3v) is 30.0. The van der Waals surface area contributed by atoms with Crippen LogP contribution in [0, 0.1) is 23.7 Å². The fourth-order valence-electron chi connectivity index (χ4n) is 16.4. The SMILES string of the molecule is C.CC(C)(C)OC(=O)N1CCC[C@H]1c1ncc(C2=CC3SC(Br)=CC3S2)[nH]1.COC(=O)N[C@H](C(=O)N1CCC[C@H]1c1nc2ccc(B3OC(C)(C)C(C)(C)O3)cc2[nH]1)C(C)C.COC(=O)N[C@H](C(=O)N1CCC[C@H]1c1ncc(C2=CC3SC(c4ccc5nc([C@@H]6CCCN6C(=O)[C@@H](NC(=O)OC)C(C)C)[nH]c5c4)=CC3S2)[nH]1)C(C)C.COC(=O)N[C@H](C(=O)O)C(C)C. The lowest BCUT2D eigenvalue weighted by Crippen LogP contribution is -2.51. The van der Waals surface area contributed by atoms with E-state index in [1.807, 2.05) is 188 Å². The largest absolute Gasteiger partial charge is 0.494 e. The van der Waals surface area contributed by atoms with E-state index < -0.39 is 78.4 Å². The number of hydrogen-bond donors (Lipinski definition) is 9. The Morgan fingerprint density at radius 3 is 1.24 bits per heavy atom. The number of carbonyl (C=O) groups excluding carboxylic acids is 8. The molecule has 12 atom stereocenters. The van der Waals surface area contributed by atoms with Crippen LogP contribution in [0.5, 0.6) is 0 Å². The number of H-pyrrole nitrogens is 4. The fourth-order valence-corrected chi connectivity index (χ4v) is 22.9. The first-order valence-electron chi connectivity index (χ1n) is 42.8. The fraction of sp³-hybridized carbons (Fsp3) is 0.580. The summed E-state index contributed by atoms with van der Waals surface area (Å²) in [6, 6.07) is 8.69. The molecule has 15 rings (SSSR count). The summed E-state index contributed by atoms with van der Waals surface area (Å²) < 4.78 is 37.7. The zero-order chi connectivity index (χ0) is 91.3. The first-order valence-corrected chi connectivity index (χ1v) is 47.2. The monoisotopic (exact) mass is 1890 g/mol. The number of thioether (sulfide) groups is 4. The van der Waals surface area contributed by atoms with Gasteiger partial charge in [-0.1, -0.05) is 93.2 Å². The van der Waals surface area contributed by atoms with Crippen LogP contribution in [0.4, 0.5) is 24.0 Å². The normalized spacial score (nSPS) is 22.9. The van der Waals surface area contributed by atoms with Gasteiger partial charge in [0.1, 0.15) is 53.1 Å². The Hall–Kier alpha value is -9.15. The van der Waals surface area contributed by atoms with Crippen LogP contribution >= 0.6 is 63.0 Å². The van der Waals surface area contributed by atoms with Crippen molar-refractivity contribution in [2.45, 2.75) is 249 Å². The number of ether oxygens (including phenoxy) is 5. The van der Waals surface area contributed by atoms with Gasteiger partial charge in [-0.25, -0.2) is 48.7 Å². The predicted octanol–water partition coefficient (Wildman–Crippen LogP) is 15.3. The van der Waals surface area contributed by atoms with Crippen molar-refractivity contribution in [1.29, 1.82) is 0 Å². The first kappa shape index (κ1) is 98.4. The summed E-state index contributed by atoms with van der Waals surface area (Å²) >= 11 is 10.9. The van der Waals surface area contributed by atoms with Gasteiger partial charge in [0, 0.05) is 65.7 Å². The molecule has 4 unspecified atom stereocenters. The Morgan fingerprint density at radius 2 is 0.850 bits per heavy atom. The number of imidazole rings is 4. The van der Waals surface area contributed by atoms with E-state index in [-0.39, 0.29) is 89.6 Å². The summed E-state index contributed by atoms with van der Waals surface area (Å²) in [5.41, 5.74) is 6.16. The molecule has 33 nitrogen and oxygen atoms in total. The summed E-state index contributed by atoms with van der Waals surface area (Å²) in [7, 11) is 4.62. The molecule has 39 heteroatoms. The third-order valence-electron chi connectivity index (χ3n) is 23.8. The molecule has 6 aromatic rings. The molecule has 127 heavy (non-hydrogen) atoms. The molecule has 5 saturated heterocycles. The molecule has 690 valence electrons. The molecule has 8 amide bonds. The van der Waals surface area contributed by atoms with E-state index in [1.54, 1.807) is 18.7 Å². The van der Waals surface area contributed by atoms with Crippen molar-refractivity contribution in [2.75, 3.05) is 54.6 Å². The molecule has 2 aromatic carbocycles. The number of carboxylic acid groups (broad SMARTS) is 1. The quantitative estimate of drug-likeness (QED) is 0.0253. The van der Waals surface area contributed by atoms with Gasteiger partial charge in [-0.05, 0) is 181 Å². The van der Waals surface area contributed by atoms with Gasteiger partial charge in [0.2, 0.25) is 17.7 Å². The zero-order valence-electron chi connectivity index (χ0n) is 74.8. The zero-order valence-corrected chi connectivity index (χ0v) is 79.6. The van der Waals surface area contributed by atoms with Crippen LogP contribution in [0.3, 0.4) is 0 Å². The molecular weight excluding hydrogens is 1770 g/mol. The summed E-state index contributed by atoms with van der Waals surface area (Å²) in [6.45, 7) is 31.2. The van der Waals surface area contributed by atoms with Crippen LogP contribution in [-0.4, -0.2) is 242 Å². The minimum absolute atomic E-state index is 0. The predicted molar refractivity (Wildman–Crippen MR) is 499 cm³/mol. The highest BCUT2D eigenvalue weighted by Crippen LogP contribution is 2.55. The lowest BCUT2D eigenvalue weighted by Gasteiger charge is -2.32. The Labute approximate surface area is 767 Å². The van der Waals surface area contributed by atoms with Gasteiger partial charge in [0.05, 0.1) is 110 Å². The number of carbonyl (C=O) groups is 9. The lowest BCUT2D eigenvalue weighted by molar-refractivity contribution is -0.140. The average Bonchev–Trinajstić information content (AvgIpc) is 1.62. The molecule has 0 radical (unpaired) electrons. The number of nitrogens with zero attached hydrogens (tertiary/aromatic N) is 8. The van der Waals surface area contributed by atoms with E-state index in [2.05, 4.69) is 103 Å². The molecule has 0 saturated carbocycles. The van der Waals surface area contributed by atoms with Crippen LogP contribution in [0.1, 0.15) is 227 Å². The Bertz CT molecular complexity index is 5120. The number of hydrogen-bond acceptors (Lipinski definition) is 24. The number of rotatable bonds is 20. The third kappa shape index (κ3) is 23.0. The topological polar surface area (TPSA) is 414 Å². The van der Waals surface area contributed by atoms with Crippen molar-refractivity contribution in [1.82, 2.24) is 80.7 Å². The van der Waals surface area contributed by atoms with Gasteiger partial charge in [-0.3, -0.25) is 19.3 Å². The number of carboxylic acids is 1. The minimum Gasteiger partial charge on any atom is -0.480 e. The van der Waals surface area contributed by atoms with Crippen molar-refractivity contribution in [2.24, 2.45) is 23.7 Å². The van der Waals surface area contributed by atoms with Gasteiger partial charge < -0.3 is 94.0 Å². The second kappa shape index (κ2) is 41.7. The summed E-state index contributed by atoms with van der Waals surface area (Å²) in [4.78, 5) is 154. The van der Waals surface area contributed by atoms with Crippen molar-refractivity contribution >= 4 is 166 Å². The van der Waals surface area contributed by atoms with E-state index in [4.69, 9.17) is 48.3 Å².